The molecule has 0 unspecified atom stereocenters. The van der Waals surface area contributed by atoms with Crippen LogP contribution in [0.1, 0.15) is 21.5 Å². The van der Waals surface area contributed by atoms with E-state index in [1.54, 1.807) is 30.3 Å². The van der Waals surface area contributed by atoms with E-state index < -0.39 is 0 Å². The van der Waals surface area contributed by atoms with Crippen molar-refractivity contribution in [1.82, 2.24) is 0 Å². The zero-order valence-corrected chi connectivity index (χ0v) is 12.1. The molecule has 0 aromatic heterocycles. The summed E-state index contributed by atoms with van der Waals surface area (Å²) in [6.45, 7) is 0.563. The SMILES string of the molecule is COC(=O)c1ccc(CNc2ccc(C#N)cc2Cl)cc1. The van der Waals surface area contributed by atoms with Crippen molar-refractivity contribution in [3.63, 3.8) is 0 Å². The molecule has 0 aliphatic rings. The van der Waals surface area contributed by atoms with Crippen molar-refractivity contribution < 1.29 is 9.53 Å². The first kappa shape index (κ1) is 14.9. The minimum absolute atomic E-state index is 0.357. The smallest absolute Gasteiger partial charge is 0.337 e. The Morgan fingerprint density at radius 2 is 2.00 bits per heavy atom. The van der Waals surface area contributed by atoms with Crippen LogP contribution in [-0.4, -0.2) is 13.1 Å². The zero-order chi connectivity index (χ0) is 15.2. The third-order valence-electron chi connectivity index (χ3n) is 2.96. The molecule has 106 valence electrons. The molecule has 0 radical (unpaired) electrons. The van der Waals surface area contributed by atoms with E-state index in [9.17, 15) is 4.79 Å². The molecular weight excluding hydrogens is 288 g/mol. The van der Waals surface area contributed by atoms with E-state index in [4.69, 9.17) is 16.9 Å². The third-order valence-corrected chi connectivity index (χ3v) is 3.27. The van der Waals surface area contributed by atoms with Crippen molar-refractivity contribution in [2.75, 3.05) is 12.4 Å². The molecule has 0 spiro atoms. The van der Waals surface area contributed by atoms with Crippen LogP contribution in [0.3, 0.4) is 0 Å². The van der Waals surface area contributed by atoms with Crippen molar-refractivity contribution in [2.45, 2.75) is 6.54 Å². The third kappa shape index (κ3) is 3.74. The Kier molecular flexibility index (Phi) is 4.81. The van der Waals surface area contributed by atoms with Crippen molar-refractivity contribution in [3.05, 3.63) is 64.2 Å². The number of nitrogens with zero attached hydrogens (tertiary/aromatic N) is 1. The lowest BCUT2D eigenvalue weighted by molar-refractivity contribution is 0.0600. The van der Waals surface area contributed by atoms with Gasteiger partial charge >= 0.3 is 5.97 Å². The quantitative estimate of drug-likeness (QED) is 0.876. The van der Waals surface area contributed by atoms with Gasteiger partial charge in [-0.3, -0.25) is 0 Å². The maximum atomic E-state index is 11.3. The summed E-state index contributed by atoms with van der Waals surface area (Å²) in [7, 11) is 1.35. The first-order valence-electron chi connectivity index (χ1n) is 6.25. The first-order valence-corrected chi connectivity index (χ1v) is 6.62. The average molecular weight is 301 g/mol. The van der Waals surface area contributed by atoms with Gasteiger partial charge in [0.15, 0.2) is 0 Å². The number of halogens is 1. The number of benzene rings is 2. The number of anilines is 1. The predicted octanol–water partition coefficient (Wildman–Crippen LogP) is 3.61. The Balaban J connectivity index is 2.03. The summed E-state index contributed by atoms with van der Waals surface area (Å²) in [5.74, 6) is -0.357. The molecule has 0 heterocycles. The minimum atomic E-state index is -0.357. The van der Waals surface area contributed by atoms with Crippen LogP contribution >= 0.6 is 11.6 Å². The Morgan fingerprint density at radius 3 is 2.57 bits per heavy atom. The van der Waals surface area contributed by atoms with Crippen LogP contribution in [0.15, 0.2) is 42.5 Å². The average Bonchev–Trinajstić information content (AvgIpc) is 2.53. The normalized spacial score (nSPS) is 9.76. The van der Waals surface area contributed by atoms with Gasteiger partial charge in [0.05, 0.1) is 35.0 Å². The van der Waals surface area contributed by atoms with Gasteiger partial charge in [-0.15, -0.1) is 0 Å². The van der Waals surface area contributed by atoms with Gasteiger partial charge in [-0.1, -0.05) is 23.7 Å². The molecule has 0 amide bonds. The molecular formula is C16H13ClN2O2. The summed E-state index contributed by atoms with van der Waals surface area (Å²) in [6.07, 6.45) is 0. The second-order valence-electron chi connectivity index (χ2n) is 4.35. The van der Waals surface area contributed by atoms with Crippen molar-refractivity contribution in [3.8, 4) is 6.07 Å². The van der Waals surface area contributed by atoms with Gasteiger partial charge in [0, 0.05) is 6.54 Å². The largest absolute Gasteiger partial charge is 0.465 e. The van der Waals surface area contributed by atoms with Crippen LogP contribution in [0, 0.1) is 11.3 Å². The maximum Gasteiger partial charge on any atom is 0.337 e. The number of methoxy groups -OCH3 is 1. The molecule has 2 rings (SSSR count). The topological polar surface area (TPSA) is 62.1 Å². The molecule has 1 N–H and O–H groups in total. The summed E-state index contributed by atoms with van der Waals surface area (Å²) in [5, 5.41) is 12.5. The van der Waals surface area contributed by atoms with Gasteiger partial charge in [-0.2, -0.15) is 5.26 Å². The number of rotatable bonds is 4. The van der Waals surface area contributed by atoms with Gasteiger partial charge in [0.25, 0.3) is 0 Å². The highest BCUT2D eigenvalue weighted by atomic mass is 35.5. The lowest BCUT2D eigenvalue weighted by atomic mass is 10.1. The van der Waals surface area contributed by atoms with E-state index >= 15 is 0 Å². The maximum absolute atomic E-state index is 11.3. The van der Waals surface area contributed by atoms with Crippen molar-refractivity contribution in [2.24, 2.45) is 0 Å². The molecule has 0 bridgehead atoms. The van der Waals surface area contributed by atoms with E-state index in [1.165, 1.54) is 7.11 Å². The fraction of sp³-hybridized carbons (Fsp3) is 0.125. The zero-order valence-electron chi connectivity index (χ0n) is 11.4. The number of carbonyl (C=O) groups is 1. The van der Waals surface area contributed by atoms with Crippen LogP contribution < -0.4 is 5.32 Å². The lowest BCUT2D eigenvalue weighted by Crippen LogP contribution is -2.03. The number of carbonyl (C=O) groups excluding carboxylic acids is 1. The first-order chi connectivity index (χ1) is 10.1. The Labute approximate surface area is 127 Å². The summed E-state index contributed by atoms with van der Waals surface area (Å²) in [6, 6.07) is 14.2. The summed E-state index contributed by atoms with van der Waals surface area (Å²) >= 11 is 6.09. The molecule has 2 aromatic rings. The molecule has 0 fully saturated rings. The van der Waals surface area contributed by atoms with E-state index in [2.05, 4.69) is 10.1 Å². The van der Waals surface area contributed by atoms with Crippen molar-refractivity contribution >= 4 is 23.3 Å². The molecule has 5 heteroatoms. The van der Waals surface area contributed by atoms with Gasteiger partial charge in [-0.25, -0.2) is 4.79 Å². The lowest BCUT2D eigenvalue weighted by Gasteiger charge is -2.09. The second kappa shape index (κ2) is 6.78. The van der Waals surface area contributed by atoms with Crippen LogP contribution in [0.25, 0.3) is 0 Å². The molecule has 0 aliphatic heterocycles. The molecule has 0 atom stereocenters. The predicted molar refractivity (Wildman–Crippen MR) is 81.3 cm³/mol. The van der Waals surface area contributed by atoms with Crippen LogP contribution in [0.2, 0.25) is 5.02 Å². The number of hydrogen-bond donors (Lipinski definition) is 1. The van der Waals surface area contributed by atoms with E-state index in [1.807, 2.05) is 18.2 Å². The van der Waals surface area contributed by atoms with Crippen LogP contribution in [0.5, 0.6) is 0 Å². The molecule has 4 nitrogen and oxygen atoms in total. The number of nitriles is 1. The fourth-order valence-corrected chi connectivity index (χ4v) is 2.05. The summed E-state index contributed by atoms with van der Waals surface area (Å²) < 4.78 is 4.64. The number of esters is 1. The summed E-state index contributed by atoms with van der Waals surface area (Å²) in [4.78, 5) is 11.3. The fourth-order valence-electron chi connectivity index (χ4n) is 1.80. The van der Waals surface area contributed by atoms with Crippen LogP contribution in [0.4, 0.5) is 5.69 Å². The highest BCUT2D eigenvalue weighted by Gasteiger charge is 2.05. The Hall–Kier alpha value is -2.51. The van der Waals surface area contributed by atoms with Gasteiger partial charge in [0.1, 0.15) is 0 Å². The molecule has 0 saturated heterocycles. The van der Waals surface area contributed by atoms with Gasteiger partial charge < -0.3 is 10.1 Å². The van der Waals surface area contributed by atoms with Gasteiger partial charge in [0.2, 0.25) is 0 Å². The number of hydrogen-bond acceptors (Lipinski definition) is 4. The second-order valence-corrected chi connectivity index (χ2v) is 4.76. The Morgan fingerprint density at radius 1 is 1.29 bits per heavy atom. The number of ether oxygens (including phenoxy) is 1. The standard InChI is InChI=1S/C16H13ClN2O2/c1-21-16(20)13-5-2-11(3-6-13)10-19-15-7-4-12(9-18)8-14(15)17/h2-8,19H,10H2,1H3. The van der Waals surface area contributed by atoms with E-state index in [0.29, 0.717) is 22.7 Å². The van der Waals surface area contributed by atoms with E-state index in [-0.39, 0.29) is 5.97 Å². The van der Waals surface area contributed by atoms with Gasteiger partial charge in [-0.05, 0) is 35.9 Å². The molecule has 2 aromatic carbocycles. The minimum Gasteiger partial charge on any atom is -0.465 e. The van der Waals surface area contributed by atoms with Crippen molar-refractivity contribution in [1.29, 1.82) is 5.26 Å². The molecule has 21 heavy (non-hydrogen) atoms. The van der Waals surface area contributed by atoms with E-state index in [0.717, 1.165) is 11.3 Å². The molecule has 0 aliphatic carbocycles. The van der Waals surface area contributed by atoms with Crippen LogP contribution in [-0.2, 0) is 11.3 Å². The molecule has 0 saturated carbocycles. The highest BCUT2D eigenvalue weighted by molar-refractivity contribution is 6.33. The Bertz CT molecular complexity index is 690. The monoisotopic (exact) mass is 300 g/mol. The number of nitrogens with one attached hydrogen (secondary N) is 1. The highest BCUT2D eigenvalue weighted by Crippen LogP contribution is 2.23. The summed E-state index contributed by atoms with van der Waals surface area (Å²) in [5.41, 5.74) is 2.79.